The second-order valence-electron chi connectivity index (χ2n) is 4.57. The third-order valence-corrected chi connectivity index (χ3v) is 6.02. The number of nitrogens with one attached hydrogen (secondary N) is 2. The average Bonchev–Trinajstić information content (AvgIpc) is 2.65. The van der Waals surface area contributed by atoms with Gasteiger partial charge in [-0.25, -0.2) is 13.2 Å². The number of amides is 3. The number of sulfone groups is 1. The molecular formula is C10H17N3O4S3. The first kappa shape index (κ1) is 17.2. The molecule has 2 N–H and O–H groups in total. The molecular weight excluding hydrogens is 322 g/mol. The minimum Gasteiger partial charge on any atom is -0.364 e. The topological polar surface area (TPSA) is 95.6 Å². The zero-order valence-electron chi connectivity index (χ0n) is 11.2. The van der Waals surface area contributed by atoms with Crippen molar-refractivity contribution < 1.29 is 18.0 Å². The van der Waals surface area contributed by atoms with Crippen LogP contribution in [0.4, 0.5) is 4.79 Å². The molecule has 1 saturated heterocycles. The van der Waals surface area contributed by atoms with Crippen molar-refractivity contribution in [1.29, 1.82) is 0 Å². The quantitative estimate of drug-likeness (QED) is 0.674. The molecule has 3 amide bonds. The average molecular weight is 339 g/mol. The largest absolute Gasteiger partial charge is 0.364 e. The second-order valence-corrected chi connectivity index (χ2v) is 8.41. The molecule has 0 spiro atoms. The van der Waals surface area contributed by atoms with E-state index in [0.717, 1.165) is 11.8 Å². The Morgan fingerprint density at radius 2 is 2.05 bits per heavy atom. The van der Waals surface area contributed by atoms with Crippen molar-refractivity contribution in [3.8, 4) is 0 Å². The Balaban J connectivity index is 2.29. The standard InChI is InChI=1S/C10H17N3O4S3/c1-13(2)10(18)19-5-8(14)12-9(15)11-7-3-4-20(16,17)6-7/h7H,3-6H2,1-2H3,(H2,11,12,14,15)/t7-/m0/s1. The van der Waals surface area contributed by atoms with Crippen molar-refractivity contribution in [2.24, 2.45) is 0 Å². The molecule has 1 atom stereocenters. The maximum Gasteiger partial charge on any atom is 0.321 e. The van der Waals surface area contributed by atoms with Crippen LogP contribution in [0, 0.1) is 0 Å². The summed E-state index contributed by atoms with van der Waals surface area (Å²) in [6, 6.07) is -1.10. The van der Waals surface area contributed by atoms with Gasteiger partial charge in [-0.3, -0.25) is 10.1 Å². The van der Waals surface area contributed by atoms with E-state index in [0.29, 0.717) is 10.7 Å². The van der Waals surface area contributed by atoms with Crippen molar-refractivity contribution in [2.75, 3.05) is 31.4 Å². The molecule has 0 aromatic carbocycles. The molecule has 0 aromatic rings. The van der Waals surface area contributed by atoms with Crippen molar-refractivity contribution in [2.45, 2.75) is 12.5 Å². The van der Waals surface area contributed by atoms with E-state index < -0.39 is 27.8 Å². The summed E-state index contributed by atoms with van der Waals surface area (Å²) in [5, 5.41) is 4.62. The summed E-state index contributed by atoms with van der Waals surface area (Å²) >= 11 is 6.14. The Labute approximate surface area is 127 Å². The van der Waals surface area contributed by atoms with Crippen LogP contribution >= 0.6 is 24.0 Å². The molecule has 0 bridgehead atoms. The molecule has 0 radical (unpaired) electrons. The van der Waals surface area contributed by atoms with Crippen LogP contribution in [0.2, 0.25) is 0 Å². The molecule has 0 unspecified atom stereocenters. The minimum absolute atomic E-state index is 0.0351. The van der Waals surface area contributed by atoms with Gasteiger partial charge >= 0.3 is 6.03 Å². The summed E-state index contributed by atoms with van der Waals surface area (Å²) in [6.45, 7) is 0. The number of hydrogen-bond acceptors (Lipinski definition) is 6. The number of nitrogens with zero attached hydrogens (tertiary/aromatic N) is 1. The van der Waals surface area contributed by atoms with Gasteiger partial charge in [-0.1, -0.05) is 24.0 Å². The van der Waals surface area contributed by atoms with E-state index in [-0.39, 0.29) is 17.3 Å². The summed E-state index contributed by atoms with van der Waals surface area (Å²) in [7, 11) is 0.474. The monoisotopic (exact) mass is 339 g/mol. The molecule has 0 aromatic heterocycles. The molecule has 1 heterocycles. The molecule has 20 heavy (non-hydrogen) atoms. The summed E-state index contributed by atoms with van der Waals surface area (Å²) in [4.78, 5) is 24.7. The van der Waals surface area contributed by atoms with Gasteiger partial charge in [0, 0.05) is 20.1 Å². The lowest BCUT2D eigenvalue weighted by Gasteiger charge is -2.13. The summed E-state index contributed by atoms with van der Waals surface area (Å²) in [5.74, 6) is -0.446. The maximum absolute atomic E-state index is 11.5. The van der Waals surface area contributed by atoms with Gasteiger partial charge in [0.2, 0.25) is 5.91 Å². The van der Waals surface area contributed by atoms with Crippen LogP contribution in [0.15, 0.2) is 0 Å². The van der Waals surface area contributed by atoms with Crippen LogP contribution in [0.3, 0.4) is 0 Å². The van der Waals surface area contributed by atoms with Crippen LogP contribution in [0.1, 0.15) is 6.42 Å². The van der Waals surface area contributed by atoms with Gasteiger partial charge in [-0.15, -0.1) is 0 Å². The number of carbonyl (C=O) groups is 2. The van der Waals surface area contributed by atoms with Crippen LogP contribution in [-0.4, -0.2) is 67.0 Å². The third kappa shape index (κ3) is 6.06. The van der Waals surface area contributed by atoms with Crippen molar-refractivity contribution in [3.05, 3.63) is 0 Å². The zero-order valence-corrected chi connectivity index (χ0v) is 13.7. The fraction of sp³-hybridized carbons (Fsp3) is 0.700. The van der Waals surface area contributed by atoms with E-state index in [1.54, 1.807) is 19.0 Å². The Morgan fingerprint density at radius 1 is 1.40 bits per heavy atom. The van der Waals surface area contributed by atoms with E-state index >= 15 is 0 Å². The Morgan fingerprint density at radius 3 is 2.55 bits per heavy atom. The number of rotatable bonds is 3. The number of thiocarbonyl (C=S) groups is 1. The van der Waals surface area contributed by atoms with Crippen molar-refractivity contribution in [3.63, 3.8) is 0 Å². The van der Waals surface area contributed by atoms with Crippen LogP contribution in [-0.2, 0) is 14.6 Å². The molecule has 114 valence electrons. The minimum atomic E-state index is -3.05. The maximum atomic E-state index is 11.5. The fourth-order valence-electron chi connectivity index (χ4n) is 1.55. The van der Waals surface area contributed by atoms with Crippen molar-refractivity contribution in [1.82, 2.24) is 15.5 Å². The van der Waals surface area contributed by atoms with E-state index in [2.05, 4.69) is 10.6 Å². The Kier molecular flexibility index (Phi) is 6.21. The molecule has 0 aliphatic carbocycles. The lowest BCUT2D eigenvalue weighted by molar-refractivity contribution is -0.117. The summed E-state index contributed by atoms with van der Waals surface area (Å²) in [5.41, 5.74) is 0. The summed E-state index contributed by atoms with van der Waals surface area (Å²) < 4.78 is 23.0. The van der Waals surface area contributed by atoms with Crippen LogP contribution < -0.4 is 10.6 Å². The van der Waals surface area contributed by atoms with Gasteiger partial charge < -0.3 is 10.2 Å². The predicted molar refractivity (Wildman–Crippen MR) is 82.5 cm³/mol. The van der Waals surface area contributed by atoms with Gasteiger partial charge in [-0.2, -0.15) is 0 Å². The van der Waals surface area contributed by atoms with Crippen molar-refractivity contribution >= 4 is 50.1 Å². The molecule has 1 rings (SSSR count). The molecule has 7 nitrogen and oxygen atoms in total. The predicted octanol–water partition coefficient (Wildman–Crippen LogP) is -0.421. The van der Waals surface area contributed by atoms with Crippen LogP contribution in [0.5, 0.6) is 0 Å². The molecule has 1 aliphatic rings. The second kappa shape index (κ2) is 7.23. The lowest BCUT2D eigenvalue weighted by Crippen LogP contribution is -2.45. The first-order valence-electron chi connectivity index (χ1n) is 5.84. The van der Waals surface area contributed by atoms with Gasteiger partial charge in [0.1, 0.15) is 4.32 Å². The molecule has 10 heteroatoms. The summed E-state index contributed by atoms with van der Waals surface area (Å²) in [6.07, 6.45) is 0.378. The number of hydrogen-bond donors (Lipinski definition) is 2. The highest BCUT2D eigenvalue weighted by molar-refractivity contribution is 8.23. The van der Waals surface area contributed by atoms with Gasteiger partial charge in [-0.05, 0) is 6.42 Å². The van der Waals surface area contributed by atoms with E-state index in [1.165, 1.54) is 0 Å². The van der Waals surface area contributed by atoms with E-state index in [9.17, 15) is 18.0 Å². The number of urea groups is 1. The molecule has 1 fully saturated rings. The molecule has 1 aliphatic heterocycles. The smallest absolute Gasteiger partial charge is 0.321 e. The highest BCUT2D eigenvalue weighted by Crippen LogP contribution is 2.11. The first-order valence-corrected chi connectivity index (χ1v) is 9.06. The fourth-order valence-corrected chi connectivity index (χ4v) is 3.98. The van der Waals surface area contributed by atoms with E-state index in [1.807, 2.05) is 0 Å². The first-order chi connectivity index (χ1) is 9.19. The number of carbonyl (C=O) groups excluding carboxylic acids is 2. The normalized spacial score (nSPS) is 20.2. The zero-order chi connectivity index (χ0) is 15.3. The third-order valence-electron chi connectivity index (χ3n) is 2.51. The molecule has 0 saturated carbocycles. The van der Waals surface area contributed by atoms with Gasteiger partial charge in [0.15, 0.2) is 9.84 Å². The van der Waals surface area contributed by atoms with Crippen LogP contribution in [0.25, 0.3) is 0 Å². The number of thioether (sulfide) groups is 1. The lowest BCUT2D eigenvalue weighted by atomic mass is 10.3. The SMILES string of the molecule is CN(C)C(=S)SCC(=O)NC(=O)N[C@H]1CCS(=O)(=O)C1. The number of imide groups is 1. The Bertz CT molecular complexity index is 504. The van der Waals surface area contributed by atoms with Gasteiger partial charge in [0.25, 0.3) is 0 Å². The Hall–Kier alpha value is -0.870. The highest BCUT2D eigenvalue weighted by Gasteiger charge is 2.29. The van der Waals surface area contributed by atoms with Gasteiger partial charge in [0.05, 0.1) is 17.3 Å². The highest BCUT2D eigenvalue weighted by atomic mass is 32.2. The van der Waals surface area contributed by atoms with E-state index in [4.69, 9.17) is 12.2 Å².